The van der Waals surface area contributed by atoms with E-state index in [-0.39, 0.29) is 6.09 Å². The van der Waals surface area contributed by atoms with E-state index in [0.29, 0.717) is 6.54 Å². The summed E-state index contributed by atoms with van der Waals surface area (Å²) in [5.41, 5.74) is -0.447. The summed E-state index contributed by atoms with van der Waals surface area (Å²) in [5, 5.41) is 2.70. The second-order valence-electron chi connectivity index (χ2n) is 4.48. The number of hydrogen-bond donors (Lipinski definition) is 1. The molecule has 1 heterocycles. The van der Waals surface area contributed by atoms with Crippen molar-refractivity contribution in [2.24, 2.45) is 0 Å². The summed E-state index contributed by atoms with van der Waals surface area (Å²) in [4.78, 5) is 12.5. The van der Waals surface area contributed by atoms with E-state index in [9.17, 15) is 4.79 Å². The topological polar surface area (TPSA) is 38.3 Å². The molecule has 0 atom stereocenters. The zero-order valence-electron chi connectivity index (χ0n) is 9.87. The molecule has 0 aromatic carbocycles. The van der Waals surface area contributed by atoms with Crippen molar-refractivity contribution < 1.29 is 9.53 Å². The van der Waals surface area contributed by atoms with E-state index < -0.39 is 5.60 Å². The molecule has 1 rings (SSSR count). The maximum absolute atomic E-state index is 11.3. The van der Waals surface area contributed by atoms with Crippen molar-refractivity contribution in [1.29, 1.82) is 0 Å². The molecule has 2 radical (unpaired) electrons. The fraction of sp³-hybridized carbons (Fsp3) is 0.545. The van der Waals surface area contributed by atoms with Crippen LogP contribution in [-0.2, 0) is 11.2 Å². The van der Waals surface area contributed by atoms with E-state index in [1.807, 2.05) is 32.9 Å². The zero-order valence-corrected chi connectivity index (χ0v) is 10.7. The van der Waals surface area contributed by atoms with Crippen LogP contribution in [0.15, 0.2) is 12.1 Å². The minimum Gasteiger partial charge on any atom is -0.444 e. The van der Waals surface area contributed by atoms with Crippen molar-refractivity contribution in [3.8, 4) is 0 Å². The highest BCUT2D eigenvalue weighted by atomic mass is 32.1. The van der Waals surface area contributed by atoms with Gasteiger partial charge in [-0.25, -0.2) is 4.79 Å². The number of amides is 1. The number of ether oxygens (including phenoxy) is 1. The molecule has 0 aliphatic rings. The smallest absolute Gasteiger partial charge is 0.407 e. The highest BCUT2D eigenvalue weighted by Crippen LogP contribution is 2.07. The van der Waals surface area contributed by atoms with Gasteiger partial charge in [-0.05, 0) is 38.0 Å². The van der Waals surface area contributed by atoms with Crippen LogP contribution < -0.4 is 10.1 Å². The van der Waals surface area contributed by atoms with Crippen LogP contribution in [0.25, 0.3) is 0 Å². The van der Waals surface area contributed by atoms with Crippen molar-refractivity contribution in [2.45, 2.75) is 32.8 Å². The Hall–Kier alpha value is -0.965. The maximum atomic E-state index is 11.3. The van der Waals surface area contributed by atoms with Gasteiger partial charge in [0.25, 0.3) is 0 Å². The molecule has 0 spiro atoms. The lowest BCUT2D eigenvalue weighted by Gasteiger charge is -2.19. The molecule has 0 aliphatic carbocycles. The van der Waals surface area contributed by atoms with Gasteiger partial charge in [0.15, 0.2) is 0 Å². The van der Waals surface area contributed by atoms with E-state index in [0.717, 1.165) is 16.1 Å². The Kier molecular flexibility index (Phi) is 4.41. The Morgan fingerprint density at radius 3 is 2.69 bits per heavy atom. The highest BCUT2D eigenvalue weighted by Gasteiger charge is 2.15. The molecule has 1 amide bonds. The first-order valence-corrected chi connectivity index (χ1v) is 5.99. The Morgan fingerprint density at radius 2 is 2.19 bits per heavy atom. The molecule has 0 bridgehead atoms. The fourth-order valence-corrected chi connectivity index (χ4v) is 1.91. The van der Waals surface area contributed by atoms with E-state index in [4.69, 9.17) is 12.6 Å². The van der Waals surface area contributed by atoms with Gasteiger partial charge in [0, 0.05) is 11.4 Å². The molecule has 0 unspecified atom stereocenters. The first kappa shape index (κ1) is 13.1. The summed E-state index contributed by atoms with van der Waals surface area (Å²) in [6, 6.07) is 3.84. The molecule has 1 N–H and O–H groups in total. The predicted octanol–water partition coefficient (Wildman–Crippen LogP) is 1.61. The van der Waals surface area contributed by atoms with Crippen molar-refractivity contribution in [1.82, 2.24) is 5.32 Å². The third kappa shape index (κ3) is 5.21. The van der Waals surface area contributed by atoms with Crippen molar-refractivity contribution in [3.05, 3.63) is 17.0 Å². The normalized spacial score (nSPS) is 11.2. The first-order valence-electron chi connectivity index (χ1n) is 5.18. The third-order valence-electron chi connectivity index (χ3n) is 1.72. The maximum Gasteiger partial charge on any atom is 0.407 e. The average Bonchev–Trinajstić information content (AvgIpc) is 2.48. The predicted molar refractivity (Wildman–Crippen MR) is 67.6 cm³/mol. The van der Waals surface area contributed by atoms with Crippen LogP contribution in [0.3, 0.4) is 0 Å². The van der Waals surface area contributed by atoms with Gasteiger partial charge in [-0.2, -0.15) is 11.3 Å². The molecule has 0 saturated carbocycles. The van der Waals surface area contributed by atoms with Crippen LogP contribution in [0.4, 0.5) is 4.79 Å². The molecule has 0 saturated heterocycles. The molecule has 5 heteroatoms. The Labute approximate surface area is 102 Å². The van der Waals surface area contributed by atoms with Gasteiger partial charge in [0.05, 0.1) is 0 Å². The van der Waals surface area contributed by atoms with Crippen LogP contribution in [-0.4, -0.2) is 26.1 Å². The molecule has 1 aromatic heterocycles. The molecule has 16 heavy (non-hydrogen) atoms. The lowest BCUT2D eigenvalue weighted by atomic mass is 10.1. The second-order valence-corrected chi connectivity index (χ2v) is 5.68. The van der Waals surface area contributed by atoms with E-state index in [1.165, 1.54) is 11.3 Å². The molecule has 0 fully saturated rings. The quantitative estimate of drug-likeness (QED) is 0.811. The van der Waals surface area contributed by atoms with Gasteiger partial charge >= 0.3 is 6.09 Å². The van der Waals surface area contributed by atoms with E-state index in [2.05, 4.69) is 5.32 Å². The lowest BCUT2D eigenvalue weighted by Crippen LogP contribution is -2.33. The monoisotopic (exact) mass is 237 g/mol. The van der Waals surface area contributed by atoms with Gasteiger partial charge in [0.1, 0.15) is 13.4 Å². The van der Waals surface area contributed by atoms with E-state index >= 15 is 0 Å². The SMILES string of the molecule is [B]c1ccc(CCNC(=O)OC(C)(C)C)s1. The number of hydrogen-bond acceptors (Lipinski definition) is 3. The van der Waals surface area contributed by atoms with Crippen LogP contribution in [0.1, 0.15) is 25.6 Å². The van der Waals surface area contributed by atoms with E-state index in [1.54, 1.807) is 0 Å². The van der Waals surface area contributed by atoms with Crippen LogP contribution >= 0.6 is 11.3 Å². The summed E-state index contributed by atoms with van der Waals surface area (Å²) in [7, 11) is 5.60. The van der Waals surface area contributed by atoms with Gasteiger partial charge in [0.2, 0.25) is 0 Å². The summed E-state index contributed by atoms with van der Waals surface area (Å²) in [6.07, 6.45) is 0.401. The molecule has 1 aromatic rings. The second kappa shape index (κ2) is 5.39. The van der Waals surface area contributed by atoms with Crippen LogP contribution in [0.2, 0.25) is 0 Å². The standard InChI is InChI=1S/C11H16BNO2S/c1-11(2,3)15-10(14)13-7-6-8-4-5-9(12)16-8/h4-5H,6-7H2,1-3H3,(H,13,14). The summed E-state index contributed by atoms with van der Waals surface area (Å²) < 4.78 is 5.91. The molecule has 3 nitrogen and oxygen atoms in total. The molecular formula is C11H16BNO2S. The third-order valence-corrected chi connectivity index (χ3v) is 2.70. The van der Waals surface area contributed by atoms with Crippen molar-refractivity contribution in [3.63, 3.8) is 0 Å². The number of rotatable bonds is 3. The Balaban J connectivity index is 2.23. The minimum absolute atomic E-state index is 0.378. The highest BCUT2D eigenvalue weighted by molar-refractivity contribution is 7.20. The first-order chi connectivity index (χ1) is 7.37. The molecule has 0 aliphatic heterocycles. The minimum atomic E-state index is -0.447. The van der Waals surface area contributed by atoms with Gasteiger partial charge in [-0.15, -0.1) is 0 Å². The zero-order chi connectivity index (χ0) is 12.2. The summed E-state index contributed by atoms with van der Waals surface area (Å²) >= 11 is 1.54. The number of carbonyl (C=O) groups is 1. The summed E-state index contributed by atoms with van der Waals surface area (Å²) in [5.74, 6) is 0. The van der Waals surface area contributed by atoms with Gasteiger partial charge < -0.3 is 10.1 Å². The number of carbonyl (C=O) groups excluding carboxylic acids is 1. The average molecular weight is 237 g/mol. The fourth-order valence-electron chi connectivity index (χ4n) is 1.13. The number of nitrogens with one attached hydrogen (secondary N) is 1. The molecule has 86 valence electrons. The van der Waals surface area contributed by atoms with Crippen LogP contribution in [0.5, 0.6) is 0 Å². The van der Waals surface area contributed by atoms with Gasteiger partial charge in [-0.1, -0.05) is 6.07 Å². The largest absolute Gasteiger partial charge is 0.444 e. The van der Waals surface area contributed by atoms with Crippen molar-refractivity contribution in [2.75, 3.05) is 6.54 Å². The number of alkyl carbamates (subject to hydrolysis) is 1. The van der Waals surface area contributed by atoms with Crippen LogP contribution in [0, 0.1) is 0 Å². The Morgan fingerprint density at radius 1 is 1.50 bits per heavy atom. The Bertz CT molecular complexity index is 357. The van der Waals surface area contributed by atoms with Crippen molar-refractivity contribution >= 4 is 30.1 Å². The molecular weight excluding hydrogens is 221 g/mol. The number of thiophene rings is 1. The van der Waals surface area contributed by atoms with Gasteiger partial charge in [-0.3, -0.25) is 0 Å². The summed E-state index contributed by atoms with van der Waals surface area (Å²) in [6.45, 7) is 6.08. The lowest BCUT2D eigenvalue weighted by molar-refractivity contribution is 0.0528.